The highest BCUT2D eigenvalue weighted by Gasteiger charge is 2.30. The van der Waals surface area contributed by atoms with E-state index in [2.05, 4.69) is 0 Å². The standard InChI is InChI=1S/C19H18F3NO3/c20-19(21,22)15-5-1-12(2-6-15)11-23(18(25)26)16-7-3-13-4-8-17(24)10-14(13)9-16/h1-3,5-7,9,17,24H,4,8,10-11H2,(H,25,26)/p-1. The number of hydrogen-bond donors (Lipinski definition) is 1. The number of anilines is 1. The molecule has 0 spiro atoms. The number of amides is 1. The average molecular weight is 364 g/mol. The zero-order chi connectivity index (χ0) is 18.9. The first kappa shape index (κ1) is 18.3. The minimum Gasteiger partial charge on any atom is -0.530 e. The number of carboxylic acid groups (broad SMARTS) is 1. The van der Waals surface area contributed by atoms with Gasteiger partial charge in [0.05, 0.1) is 11.7 Å². The Kier molecular flexibility index (Phi) is 4.91. The van der Waals surface area contributed by atoms with Crippen molar-refractivity contribution in [3.63, 3.8) is 0 Å². The maximum absolute atomic E-state index is 12.6. The Morgan fingerprint density at radius 3 is 2.46 bits per heavy atom. The van der Waals surface area contributed by atoms with Gasteiger partial charge in [-0.3, -0.25) is 0 Å². The van der Waals surface area contributed by atoms with E-state index in [0.29, 0.717) is 24.1 Å². The molecule has 138 valence electrons. The number of halogens is 3. The van der Waals surface area contributed by atoms with Crippen LogP contribution in [-0.4, -0.2) is 17.3 Å². The molecule has 1 aliphatic carbocycles. The minimum atomic E-state index is -4.44. The van der Waals surface area contributed by atoms with Crippen molar-refractivity contribution in [1.82, 2.24) is 0 Å². The van der Waals surface area contributed by atoms with Gasteiger partial charge < -0.3 is 19.9 Å². The van der Waals surface area contributed by atoms with E-state index in [0.717, 1.165) is 34.6 Å². The maximum Gasteiger partial charge on any atom is 0.416 e. The maximum atomic E-state index is 12.6. The quantitative estimate of drug-likeness (QED) is 0.911. The summed E-state index contributed by atoms with van der Waals surface area (Å²) in [6.07, 6.45) is -4.50. The Labute approximate surface area is 148 Å². The number of hydrogen-bond acceptors (Lipinski definition) is 3. The SMILES string of the molecule is O=C([O-])N(Cc1ccc(C(F)(F)F)cc1)c1ccc2c(c1)CC(O)CC2. The molecule has 2 aromatic carbocycles. The Morgan fingerprint density at radius 2 is 1.85 bits per heavy atom. The summed E-state index contributed by atoms with van der Waals surface area (Å²) in [6, 6.07) is 9.51. The van der Waals surface area contributed by atoms with E-state index >= 15 is 0 Å². The predicted molar refractivity (Wildman–Crippen MR) is 87.5 cm³/mol. The van der Waals surface area contributed by atoms with Crippen LogP contribution in [0.25, 0.3) is 0 Å². The van der Waals surface area contributed by atoms with Crippen molar-refractivity contribution in [3.8, 4) is 0 Å². The lowest BCUT2D eigenvalue weighted by atomic mass is 9.89. The summed E-state index contributed by atoms with van der Waals surface area (Å²) >= 11 is 0. The van der Waals surface area contributed by atoms with Gasteiger partial charge in [0, 0.05) is 12.2 Å². The smallest absolute Gasteiger partial charge is 0.416 e. The van der Waals surface area contributed by atoms with Gasteiger partial charge in [0.25, 0.3) is 0 Å². The molecule has 7 heteroatoms. The molecule has 26 heavy (non-hydrogen) atoms. The number of aliphatic hydroxyl groups is 1. The molecule has 0 saturated carbocycles. The summed E-state index contributed by atoms with van der Waals surface area (Å²) in [5.41, 5.74) is 1.94. The second kappa shape index (κ2) is 6.99. The Bertz CT molecular complexity index is 803. The number of aryl methyl sites for hydroxylation is 1. The number of carbonyl (C=O) groups excluding carboxylic acids is 1. The Hall–Kier alpha value is -2.54. The van der Waals surface area contributed by atoms with Crippen molar-refractivity contribution in [2.24, 2.45) is 0 Å². The van der Waals surface area contributed by atoms with Gasteiger partial charge in [-0.05, 0) is 60.2 Å². The van der Waals surface area contributed by atoms with Crippen LogP contribution in [0, 0.1) is 0 Å². The van der Waals surface area contributed by atoms with Crippen LogP contribution in [-0.2, 0) is 25.6 Å². The fraction of sp³-hybridized carbons (Fsp3) is 0.316. The highest BCUT2D eigenvalue weighted by molar-refractivity contribution is 5.84. The molecule has 2 aromatic rings. The largest absolute Gasteiger partial charge is 0.530 e. The summed E-state index contributed by atoms with van der Waals surface area (Å²) in [4.78, 5) is 12.5. The molecular weight excluding hydrogens is 347 g/mol. The van der Waals surface area contributed by atoms with E-state index in [1.54, 1.807) is 12.1 Å². The molecule has 1 N–H and O–H groups in total. The first-order valence-corrected chi connectivity index (χ1v) is 8.18. The molecule has 0 radical (unpaired) electrons. The number of nitrogens with zero attached hydrogens (tertiary/aromatic N) is 1. The molecule has 3 rings (SSSR count). The number of carbonyl (C=O) groups is 1. The van der Waals surface area contributed by atoms with Crippen LogP contribution in [0.4, 0.5) is 23.7 Å². The number of benzene rings is 2. The third-order valence-corrected chi connectivity index (χ3v) is 4.55. The van der Waals surface area contributed by atoms with Gasteiger partial charge in [-0.25, -0.2) is 0 Å². The second-order valence-electron chi connectivity index (χ2n) is 6.40. The molecule has 1 aliphatic rings. The highest BCUT2D eigenvalue weighted by Crippen LogP contribution is 2.30. The van der Waals surface area contributed by atoms with Crippen molar-refractivity contribution < 1.29 is 28.2 Å². The molecule has 0 heterocycles. The number of alkyl halides is 3. The van der Waals surface area contributed by atoms with E-state index < -0.39 is 23.9 Å². The molecule has 1 atom stereocenters. The van der Waals surface area contributed by atoms with Crippen LogP contribution >= 0.6 is 0 Å². The molecule has 0 bridgehead atoms. The summed E-state index contributed by atoms with van der Waals surface area (Å²) in [7, 11) is 0. The van der Waals surface area contributed by atoms with Crippen LogP contribution in [0.5, 0.6) is 0 Å². The molecule has 4 nitrogen and oxygen atoms in total. The van der Waals surface area contributed by atoms with E-state index in [1.165, 1.54) is 12.1 Å². The molecule has 0 aromatic heterocycles. The Morgan fingerprint density at radius 1 is 1.15 bits per heavy atom. The van der Waals surface area contributed by atoms with Crippen molar-refractivity contribution in [3.05, 3.63) is 64.7 Å². The lowest BCUT2D eigenvalue weighted by Gasteiger charge is -2.28. The summed E-state index contributed by atoms with van der Waals surface area (Å²) in [5.74, 6) is 0. The van der Waals surface area contributed by atoms with Crippen LogP contribution in [0.1, 0.15) is 28.7 Å². The van der Waals surface area contributed by atoms with Gasteiger partial charge in [-0.2, -0.15) is 13.2 Å². The lowest BCUT2D eigenvalue weighted by Crippen LogP contribution is -2.41. The van der Waals surface area contributed by atoms with Crippen LogP contribution in [0.3, 0.4) is 0 Å². The van der Waals surface area contributed by atoms with Gasteiger partial charge in [0.1, 0.15) is 6.09 Å². The fourth-order valence-electron chi connectivity index (χ4n) is 3.14. The Balaban J connectivity index is 1.84. The van der Waals surface area contributed by atoms with Crippen molar-refractivity contribution in [2.75, 3.05) is 4.90 Å². The summed E-state index contributed by atoms with van der Waals surface area (Å²) < 4.78 is 37.9. The molecule has 0 saturated heterocycles. The van der Waals surface area contributed by atoms with Gasteiger partial charge >= 0.3 is 6.18 Å². The topological polar surface area (TPSA) is 63.6 Å². The monoisotopic (exact) mass is 364 g/mol. The van der Waals surface area contributed by atoms with Crippen molar-refractivity contribution in [1.29, 1.82) is 0 Å². The summed E-state index contributed by atoms with van der Waals surface area (Å²) in [5, 5.41) is 21.3. The van der Waals surface area contributed by atoms with E-state index in [1.807, 2.05) is 6.07 Å². The van der Waals surface area contributed by atoms with Gasteiger partial charge in [0.2, 0.25) is 0 Å². The average Bonchev–Trinajstić information content (AvgIpc) is 2.58. The van der Waals surface area contributed by atoms with Gasteiger partial charge in [-0.1, -0.05) is 18.2 Å². The van der Waals surface area contributed by atoms with Crippen molar-refractivity contribution in [2.45, 2.75) is 38.1 Å². The second-order valence-corrected chi connectivity index (χ2v) is 6.40. The molecule has 1 amide bonds. The zero-order valence-corrected chi connectivity index (χ0v) is 13.8. The minimum absolute atomic E-state index is 0.123. The highest BCUT2D eigenvalue weighted by atomic mass is 19.4. The number of fused-ring (bicyclic) bond motifs is 1. The van der Waals surface area contributed by atoms with Crippen LogP contribution < -0.4 is 10.0 Å². The summed E-state index contributed by atoms with van der Waals surface area (Å²) in [6.45, 7) is -0.123. The molecule has 0 aliphatic heterocycles. The predicted octanol–water partition coefficient (Wildman–Crippen LogP) is 2.90. The van der Waals surface area contributed by atoms with Crippen LogP contribution in [0.15, 0.2) is 42.5 Å². The van der Waals surface area contributed by atoms with Gasteiger partial charge in [-0.15, -0.1) is 0 Å². The number of rotatable bonds is 3. The van der Waals surface area contributed by atoms with Crippen molar-refractivity contribution >= 4 is 11.8 Å². The molecule has 1 unspecified atom stereocenters. The molecular formula is C19H17F3NO3-. The van der Waals surface area contributed by atoms with E-state index in [4.69, 9.17) is 0 Å². The van der Waals surface area contributed by atoms with E-state index in [9.17, 15) is 28.2 Å². The third-order valence-electron chi connectivity index (χ3n) is 4.55. The normalized spacial score (nSPS) is 16.8. The first-order chi connectivity index (χ1) is 12.2. The zero-order valence-electron chi connectivity index (χ0n) is 13.8. The number of aliphatic hydroxyl groups excluding tert-OH is 1. The fourth-order valence-corrected chi connectivity index (χ4v) is 3.14. The van der Waals surface area contributed by atoms with Gasteiger partial charge in [0.15, 0.2) is 0 Å². The van der Waals surface area contributed by atoms with Crippen LogP contribution in [0.2, 0.25) is 0 Å². The lowest BCUT2D eigenvalue weighted by molar-refractivity contribution is -0.246. The molecule has 0 fully saturated rings. The third kappa shape index (κ3) is 3.99. The van der Waals surface area contributed by atoms with E-state index in [-0.39, 0.29) is 6.54 Å². The first-order valence-electron chi connectivity index (χ1n) is 8.18.